The lowest BCUT2D eigenvalue weighted by atomic mass is 9.91. The highest BCUT2D eigenvalue weighted by Gasteiger charge is 2.32. The van der Waals surface area contributed by atoms with Crippen molar-refractivity contribution in [3.05, 3.63) is 27.0 Å². The zero-order chi connectivity index (χ0) is 12.6. The van der Waals surface area contributed by atoms with Crippen molar-refractivity contribution in [3.8, 4) is 0 Å². The second kappa shape index (κ2) is 4.09. The molecule has 0 atom stereocenters. The van der Waals surface area contributed by atoms with Gasteiger partial charge in [0.1, 0.15) is 0 Å². The Labute approximate surface area is 95.8 Å². The third-order valence-electron chi connectivity index (χ3n) is 2.51. The van der Waals surface area contributed by atoms with Crippen LogP contribution in [0.4, 0.5) is 0 Å². The quantitative estimate of drug-likeness (QED) is 0.493. The molecule has 0 aliphatic heterocycles. The summed E-state index contributed by atoms with van der Waals surface area (Å²) in [7, 11) is -3.97. The van der Waals surface area contributed by atoms with Crippen molar-refractivity contribution in [1.82, 2.24) is 14.7 Å². The minimum Gasteiger partial charge on any atom is -0.393 e. The molecule has 0 bridgehead atoms. The monoisotopic (exact) mass is 261 g/mol. The first-order valence-corrected chi connectivity index (χ1v) is 6.39. The van der Waals surface area contributed by atoms with Gasteiger partial charge in [0.25, 0.3) is 5.56 Å². The van der Waals surface area contributed by atoms with Gasteiger partial charge in [-0.25, -0.2) is 17.9 Å². The molecule has 0 aromatic carbocycles. The Balaban J connectivity index is 2.26. The molecule has 8 nitrogen and oxygen atoms in total. The van der Waals surface area contributed by atoms with Crippen LogP contribution in [0, 0.1) is 0 Å². The van der Waals surface area contributed by atoms with Crippen LogP contribution in [0.25, 0.3) is 0 Å². The molecule has 1 fully saturated rings. The van der Waals surface area contributed by atoms with Crippen molar-refractivity contribution in [2.75, 3.05) is 0 Å². The van der Waals surface area contributed by atoms with Gasteiger partial charge in [-0.3, -0.25) is 9.78 Å². The van der Waals surface area contributed by atoms with Gasteiger partial charge in [0.05, 0.1) is 6.10 Å². The van der Waals surface area contributed by atoms with Crippen LogP contribution in [0.2, 0.25) is 0 Å². The summed E-state index contributed by atoms with van der Waals surface area (Å²) in [4.78, 5) is 25.4. The van der Waals surface area contributed by atoms with E-state index in [1.165, 1.54) is 0 Å². The molecule has 1 aliphatic rings. The minimum absolute atomic E-state index is 0.320. The Morgan fingerprint density at radius 1 is 1.35 bits per heavy atom. The highest BCUT2D eigenvalue weighted by molar-refractivity contribution is 7.89. The molecular formula is C8H11N3O5S. The normalized spacial score (nSPS) is 24.3. The Bertz CT molecular complexity index is 625. The highest BCUT2D eigenvalue weighted by Crippen LogP contribution is 2.20. The fraction of sp³-hybridized carbons (Fsp3) is 0.500. The van der Waals surface area contributed by atoms with Crippen molar-refractivity contribution >= 4 is 10.0 Å². The third-order valence-corrected chi connectivity index (χ3v) is 4.04. The summed E-state index contributed by atoms with van der Waals surface area (Å²) in [5.41, 5.74) is -1.74. The van der Waals surface area contributed by atoms with Gasteiger partial charge in [-0.1, -0.05) is 0 Å². The molecule has 2 rings (SSSR count). The number of hydrogen-bond acceptors (Lipinski definition) is 5. The first-order valence-electron chi connectivity index (χ1n) is 4.91. The van der Waals surface area contributed by atoms with Gasteiger partial charge in [-0.2, -0.15) is 0 Å². The van der Waals surface area contributed by atoms with Gasteiger partial charge >= 0.3 is 5.69 Å². The van der Waals surface area contributed by atoms with E-state index in [1.54, 1.807) is 0 Å². The number of hydrogen-bond donors (Lipinski definition) is 4. The standard InChI is InChI=1S/C8H11N3O5S/c12-5-1-4(2-5)11-17(15,16)6-3-9-8(14)10-7(6)13/h3-5,11-12H,1-2H2,(H2,9,10,13,14). The number of sulfonamides is 1. The van der Waals surface area contributed by atoms with Crippen LogP contribution in [0.5, 0.6) is 0 Å². The number of aliphatic hydroxyl groups is 1. The summed E-state index contributed by atoms with van der Waals surface area (Å²) in [5, 5.41) is 9.03. The lowest BCUT2D eigenvalue weighted by molar-refractivity contribution is 0.0712. The molecule has 1 saturated carbocycles. The van der Waals surface area contributed by atoms with Crippen LogP contribution >= 0.6 is 0 Å². The van der Waals surface area contributed by atoms with Crippen LogP contribution in [0.3, 0.4) is 0 Å². The van der Waals surface area contributed by atoms with Crippen LogP contribution in [-0.2, 0) is 10.0 Å². The Morgan fingerprint density at radius 2 is 2.00 bits per heavy atom. The van der Waals surface area contributed by atoms with Crippen molar-refractivity contribution in [2.45, 2.75) is 29.9 Å². The smallest absolute Gasteiger partial charge is 0.325 e. The Kier molecular flexibility index (Phi) is 2.89. The molecule has 1 aromatic heterocycles. The average Bonchev–Trinajstić information content (AvgIpc) is 2.14. The Morgan fingerprint density at radius 3 is 2.53 bits per heavy atom. The maximum absolute atomic E-state index is 11.7. The van der Waals surface area contributed by atoms with E-state index in [0.29, 0.717) is 12.8 Å². The zero-order valence-electron chi connectivity index (χ0n) is 8.63. The van der Waals surface area contributed by atoms with Crippen LogP contribution in [0.15, 0.2) is 20.7 Å². The fourth-order valence-electron chi connectivity index (χ4n) is 1.56. The van der Waals surface area contributed by atoms with Gasteiger partial charge in [0, 0.05) is 12.2 Å². The summed E-state index contributed by atoms with van der Waals surface area (Å²) in [6.07, 6.45) is 0.983. The van der Waals surface area contributed by atoms with E-state index in [0.717, 1.165) is 6.20 Å². The maximum Gasteiger partial charge on any atom is 0.325 e. The molecule has 9 heteroatoms. The SMILES string of the molecule is O=c1[nH]cc(S(=O)(=O)NC2CC(O)C2)c(=O)[nH]1. The molecule has 1 heterocycles. The van der Waals surface area contributed by atoms with E-state index in [1.807, 2.05) is 4.98 Å². The average molecular weight is 261 g/mol. The highest BCUT2D eigenvalue weighted by atomic mass is 32.2. The molecule has 1 aliphatic carbocycles. The van der Waals surface area contributed by atoms with Gasteiger partial charge < -0.3 is 10.1 Å². The number of nitrogens with one attached hydrogen (secondary N) is 3. The Hall–Kier alpha value is -1.45. The summed E-state index contributed by atoms with van der Waals surface area (Å²) in [6.45, 7) is 0. The lowest BCUT2D eigenvalue weighted by Gasteiger charge is -2.31. The van der Waals surface area contributed by atoms with E-state index in [-0.39, 0.29) is 6.04 Å². The topological polar surface area (TPSA) is 132 Å². The minimum atomic E-state index is -3.97. The fourth-order valence-corrected chi connectivity index (χ4v) is 2.83. The first kappa shape index (κ1) is 12.0. The second-order valence-electron chi connectivity index (χ2n) is 3.88. The van der Waals surface area contributed by atoms with Crippen LogP contribution in [-0.4, -0.2) is 35.6 Å². The van der Waals surface area contributed by atoms with Crippen molar-refractivity contribution in [1.29, 1.82) is 0 Å². The molecular weight excluding hydrogens is 250 g/mol. The maximum atomic E-state index is 11.7. The van der Waals surface area contributed by atoms with Gasteiger partial charge in [0.15, 0.2) is 4.90 Å². The predicted molar refractivity (Wildman–Crippen MR) is 57.0 cm³/mol. The molecule has 0 spiro atoms. The third kappa shape index (κ3) is 2.46. The van der Waals surface area contributed by atoms with Crippen molar-refractivity contribution < 1.29 is 13.5 Å². The summed E-state index contributed by atoms with van der Waals surface area (Å²) < 4.78 is 25.7. The number of rotatable bonds is 3. The second-order valence-corrected chi connectivity index (χ2v) is 5.56. The molecule has 94 valence electrons. The van der Waals surface area contributed by atoms with E-state index in [4.69, 9.17) is 5.11 Å². The number of aromatic nitrogens is 2. The molecule has 17 heavy (non-hydrogen) atoms. The van der Waals surface area contributed by atoms with E-state index < -0.39 is 32.3 Å². The molecule has 0 saturated heterocycles. The van der Waals surface area contributed by atoms with Gasteiger partial charge in [-0.15, -0.1) is 0 Å². The molecule has 1 aromatic rings. The van der Waals surface area contributed by atoms with E-state index in [9.17, 15) is 18.0 Å². The number of aliphatic hydroxyl groups excluding tert-OH is 1. The largest absolute Gasteiger partial charge is 0.393 e. The number of H-pyrrole nitrogens is 2. The van der Waals surface area contributed by atoms with Crippen molar-refractivity contribution in [2.24, 2.45) is 0 Å². The van der Waals surface area contributed by atoms with E-state index >= 15 is 0 Å². The van der Waals surface area contributed by atoms with Gasteiger partial charge in [-0.05, 0) is 12.8 Å². The van der Waals surface area contributed by atoms with Crippen LogP contribution in [0.1, 0.15) is 12.8 Å². The molecule has 4 N–H and O–H groups in total. The lowest BCUT2D eigenvalue weighted by Crippen LogP contribution is -2.47. The zero-order valence-corrected chi connectivity index (χ0v) is 9.45. The van der Waals surface area contributed by atoms with Crippen LogP contribution < -0.4 is 16.0 Å². The molecule has 0 unspecified atom stereocenters. The first-order chi connectivity index (χ1) is 7.88. The number of aromatic amines is 2. The molecule has 0 amide bonds. The van der Waals surface area contributed by atoms with Gasteiger partial charge in [0.2, 0.25) is 10.0 Å². The predicted octanol–water partition coefficient (Wildman–Crippen LogP) is -2.14. The van der Waals surface area contributed by atoms with Crippen molar-refractivity contribution in [3.63, 3.8) is 0 Å². The molecule has 0 radical (unpaired) electrons. The van der Waals surface area contributed by atoms with E-state index in [2.05, 4.69) is 9.71 Å². The summed E-state index contributed by atoms with van der Waals surface area (Å²) in [6, 6.07) is -0.374. The summed E-state index contributed by atoms with van der Waals surface area (Å²) in [5.74, 6) is 0. The summed E-state index contributed by atoms with van der Waals surface area (Å²) >= 11 is 0.